The second kappa shape index (κ2) is 6.27. The van der Waals surface area contributed by atoms with Crippen LogP contribution in [0.1, 0.15) is 24.0 Å². The summed E-state index contributed by atoms with van der Waals surface area (Å²) in [4.78, 5) is 6.75. The van der Waals surface area contributed by atoms with Crippen molar-refractivity contribution in [3.63, 3.8) is 0 Å². The summed E-state index contributed by atoms with van der Waals surface area (Å²) in [7, 11) is 1.86. The Kier molecular flexibility index (Phi) is 4.21. The molecule has 3 rings (SSSR count). The summed E-state index contributed by atoms with van der Waals surface area (Å²) in [6.45, 7) is 3.75. The summed E-state index contributed by atoms with van der Waals surface area (Å²) in [6.07, 6.45) is 3.79. The predicted octanol–water partition coefficient (Wildman–Crippen LogP) is 1.80. The van der Waals surface area contributed by atoms with Gasteiger partial charge in [0.25, 0.3) is 0 Å². The van der Waals surface area contributed by atoms with E-state index in [0.717, 1.165) is 45.0 Å². The minimum atomic E-state index is 0.351. The average Bonchev–Trinajstić information content (AvgIpc) is 3.01. The largest absolute Gasteiger partial charge is 0.376 e. The molecule has 1 saturated heterocycles. The molecule has 0 radical (unpaired) electrons. The van der Waals surface area contributed by atoms with Crippen LogP contribution in [0.5, 0.6) is 0 Å². The number of ether oxygens (including phenoxy) is 1. The van der Waals surface area contributed by atoms with Crippen LogP contribution in [0.25, 0.3) is 0 Å². The van der Waals surface area contributed by atoms with Gasteiger partial charge in [0.05, 0.1) is 6.10 Å². The van der Waals surface area contributed by atoms with E-state index in [1.165, 1.54) is 17.5 Å². The molecule has 2 aliphatic rings. The van der Waals surface area contributed by atoms with Crippen LogP contribution in [0.15, 0.2) is 29.3 Å². The van der Waals surface area contributed by atoms with Crippen LogP contribution in [0.2, 0.25) is 0 Å². The average molecular weight is 273 g/mol. The molecule has 4 nitrogen and oxygen atoms in total. The lowest BCUT2D eigenvalue weighted by Crippen LogP contribution is -2.46. The number of hydrogen-bond donors (Lipinski definition) is 1. The SMILES string of the molecule is CN=C(NCC1CCCO1)N1CCc2ccccc2C1. The van der Waals surface area contributed by atoms with E-state index in [1.807, 2.05) is 7.05 Å². The minimum Gasteiger partial charge on any atom is -0.376 e. The lowest BCUT2D eigenvalue weighted by atomic mass is 10.0. The van der Waals surface area contributed by atoms with Gasteiger partial charge in [-0.2, -0.15) is 0 Å². The maximum atomic E-state index is 5.66. The van der Waals surface area contributed by atoms with Gasteiger partial charge in [-0.1, -0.05) is 24.3 Å². The minimum absolute atomic E-state index is 0.351. The summed E-state index contributed by atoms with van der Waals surface area (Å²) in [5.74, 6) is 0.995. The fourth-order valence-corrected chi connectivity index (χ4v) is 3.02. The van der Waals surface area contributed by atoms with Crippen LogP contribution in [0, 0.1) is 0 Å². The van der Waals surface area contributed by atoms with Crippen LogP contribution in [-0.2, 0) is 17.7 Å². The smallest absolute Gasteiger partial charge is 0.194 e. The molecule has 0 amide bonds. The Balaban J connectivity index is 1.60. The van der Waals surface area contributed by atoms with Crippen molar-refractivity contribution in [3.8, 4) is 0 Å². The van der Waals surface area contributed by atoms with E-state index < -0.39 is 0 Å². The Morgan fingerprint density at radius 3 is 3.00 bits per heavy atom. The van der Waals surface area contributed by atoms with Crippen molar-refractivity contribution < 1.29 is 4.74 Å². The van der Waals surface area contributed by atoms with Gasteiger partial charge in [0.15, 0.2) is 5.96 Å². The molecule has 20 heavy (non-hydrogen) atoms. The molecule has 1 aromatic rings. The molecular weight excluding hydrogens is 250 g/mol. The molecular formula is C16H23N3O. The van der Waals surface area contributed by atoms with Crippen molar-refractivity contribution in [1.29, 1.82) is 0 Å². The molecule has 2 aliphatic heterocycles. The fourth-order valence-electron chi connectivity index (χ4n) is 3.02. The molecule has 1 N–H and O–H groups in total. The first kappa shape index (κ1) is 13.4. The molecule has 1 fully saturated rings. The molecule has 108 valence electrons. The third-order valence-corrected chi connectivity index (χ3v) is 4.15. The Hall–Kier alpha value is -1.55. The first-order valence-corrected chi connectivity index (χ1v) is 7.51. The molecule has 1 unspecified atom stereocenters. The first-order valence-electron chi connectivity index (χ1n) is 7.51. The number of nitrogens with zero attached hydrogens (tertiary/aromatic N) is 2. The van der Waals surface area contributed by atoms with Crippen molar-refractivity contribution in [1.82, 2.24) is 10.2 Å². The van der Waals surface area contributed by atoms with Crippen LogP contribution < -0.4 is 5.32 Å². The van der Waals surface area contributed by atoms with Crippen molar-refractivity contribution in [2.75, 3.05) is 26.7 Å². The highest BCUT2D eigenvalue weighted by atomic mass is 16.5. The zero-order valence-corrected chi connectivity index (χ0v) is 12.1. The van der Waals surface area contributed by atoms with E-state index in [4.69, 9.17) is 4.74 Å². The second-order valence-corrected chi connectivity index (χ2v) is 5.50. The van der Waals surface area contributed by atoms with Crippen LogP contribution in [0.4, 0.5) is 0 Å². The lowest BCUT2D eigenvalue weighted by molar-refractivity contribution is 0.113. The topological polar surface area (TPSA) is 36.9 Å². The van der Waals surface area contributed by atoms with Gasteiger partial charge in [-0.25, -0.2) is 0 Å². The van der Waals surface area contributed by atoms with Crippen LogP contribution in [0.3, 0.4) is 0 Å². The highest BCUT2D eigenvalue weighted by Crippen LogP contribution is 2.18. The van der Waals surface area contributed by atoms with Crippen molar-refractivity contribution in [2.24, 2.45) is 4.99 Å². The number of nitrogens with one attached hydrogen (secondary N) is 1. The van der Waals surface area contributed by atoms with Gasteiger partial charge in [-0.3, -0.25) is 4.99 Å². The molecule has 2 heterocycles. The molecule has 0 bridgehead atoms. The monoisotopic (exact) mass is 273 g/mol. The molecule has 0 aromatic heterocycles. The quantitative estimate of drug-likeness (QED) is 0.659. The van der Waals surface area contributed by atoms with Gasteiger partial charge in [0, 0.05) is 33.3 Å². The first-order chi connectivity index (χ1) is 9.86. The zero-order chi connectivity index (χ0) is 13.8. The number of aliphatic imine (C=N–C) groups is 1. The van der Waals surface area contributed by atoms with Gasteiger partial charge in [-0.05, 0) is 30.4 Å². The molecule has 0 saturated carbocycles. The number of benzene rings is 1. The normalized spacial score (nSPS) is 22.8. The Morgan fingerprint density at radius 2 is 2.25 bits per heavy atom. The highest BCUT2D eigenvalue weighted by Gasteiger charge is 2.20. The predicted molar refractivity (Wildman–Crippen MR) is 80.9 cm³/mol. The molecule has 4 heteroatoms. The summed E-state index contributed by atoms with van der Waals surface area (Å²) < 4.78 is 5.66. The van der Waals surface area contributed by atoms with Crippen molar-refractivity contribution in [2.45, 2.75) is 31.9 Å². The number of fused-ring (bicyclic) bond motifs is 1. The third kappa shape index (κ3) is 2.96. The van der Waals surface area contributed by atoms with Crippen molar-refractivity contribution >= 4 is 5.96 Å². The van der Waals surface area contributed by atoms with Gasteiger partial charge < -0.3 is 15.0 Å². The van der Waals surface area contributed by atoms with E-state index in [2.05, 4.69) is 39.5 Å². The number of hydrogen-bond acceptors (Lipinski definition) is 2. The van der Waals surface area contributed by atoms with Crippen LogP contribution in [-0.4, -0.2) is 43.7 Å². The molecule has 0 aliphatic carbocycles. The second-order valence-electron chi connectivity index (χ2n) is 5.50. The van der Waals surface area contributed by atoms with E-state index in [9.17, 15) is 0 Å². The third-order valence-electron chi connectivity index (χ3n) is 4.15. The molecule has 1 atom stereocenters. The van der Waals surface area contributed by atoms with Crippen LogP contribution >= 0.6 is 0 Å². The summed E-state index contributed by atoms with van der Waals surface area (Å²) in [5.41, 5.74) is 2.89. The van der Waals surface area contributed by atoms with Gasteiger partial charge in [0.2, 0.25) is 0 Å². The maximum absolute atomic E-state index is 5.66. The van der Waals surface area contributed by atoms with Crippen molar-refractivity contribution in [3.05, 3.63) is 35.4 Å². The van der Waals surface area contributed by atoms with Gasteiger partial charge in [-0.15, -0.1) is 0 Å². The standard InChI is InChI=1S/C16H23N3O/c1-17-16(18-11-15-7-4-10-20-15)19-9-8-13-5-2-3-6-14(13)12-19/h2-3,5-6,15H,4,7-12H2,1H3,(H,17,18). The maximum Gasteiger partial charge on any atom is 0.194 e. The Labute approximate surface area is 120 Å². The van der Waals surface area contributed by atoms with E-state index in [0.29, 0.717) is 6.10 Å². The highest BCUT2D eigenvalue weighted by molar-refractivity contribution is 5.80. The number of guanidine groups is 1. The van der Waals surface area contributed by atoms with Gasteiger partial charge in [0.1, 0.15) is 0 Å². The zero-order valence-electron chi connectivity index (χ0n) is 12.1. The lowest BCUT2D eigenvalue weighted by Gasteiger charge is -2.32. The Bertz CT molecular complexity index is 480. The Morgan fingerprint density at radius 1 is 1.40 bits per heavy atom. The number of rotatable bonds is 2. The molecule has 0 spiro atoms. The summed E-state index contributed by atoms with van der Waals surface area (Å²) in [6, 6.07) is 8.69. The van der Waals surface area contributed by atoms with E-state index >= 15 is 0 Å². The van der Waals surface area contributed by atoms with E-state index in [1.54, 1.807) is 0 Å². The molecule has 1 aromatic carbocycles. The van der Waals surface area contributed by atoms with E-state index in [-0.39, 0.29) is 0 Å². The van der Waals surface area contributed by atoms with Gasteiger partial charge >= 0.3 is 0 Å². The fraction of sp³-hybridized carbons (Fsp3) is 0.562. The summed E-state index contributed by atoms with van der Waals surface area (Å²) in [5, 5.41) is 3.46. The summed E-state index contributed by atoms with van der Waals surface area (Å²) >= 11 is 0.